The molecule has 8 heteroatoms. The second kappa shape index (κ2) is 8.08. The highest BCUT2D eigenvalue weighted by atomic mass is 32.1. The number of amides is 1. The number of carbonyl (C=O) groups excluding carboxylic acids is 1. The summed E-state index contributed by atoms with van der Waals surface area (Å²) < 4.78 is 30.0. The summed E-state index contributed by atoms with van der Waals surface area (Å²) in [5.74, 6) is 0.442. The van der Waals surface area contributed by atoms with Gasteiger partial charge < -0.3 is 19.5 Å². The molecule has 1 aliphatic heterocycles. The monoisotopic (exact) mass is 414 g/mol. The zero-order chi connectivity index (χ0) is 20.4. The minimum absolute atomic E-state index is 0.172. The predicted molar refractivity (Wildman–Crippen MR) is 109 cm³/mol. The molecule has 6 nitrogen and oxygen atoms in total. The van der Waals surface area contributed by atoms with E-state index in [9.17, 15) is 9.18 Å². The summed E-state index contributed by atoms with van der Waals surface area (Å²) in [6, 6.07) is 10.1. The third-order valence-electron chi connectivity index (χ3n) is 4.64. The molecule has 0 bridgehead atoms. The number of thiazole rings is 1. The van der Waals surface area contributed by atoms with Crippen LogP contribution in [0.25, 0.3) is 11.3 Å². The Balaban J connectivity index is 1.47. The molecule has 1 atom stereocenters. The number of methoxy groups -OCH3 is 1. The fourth-order valence-electron chi connectivity index (χ4n) is 2.98. The van der Waals surface area contributed by atoms with Gasteiger partial charge in [0.2, 0.25) is 5.91 Å². The Morgan fingerprint density at radius 3 is 2.76 bits per heavy atom. The number of hydrogen-bond acceptors (Lipinski definition) is 6. The lowest BCUT2D eigenvalue weighted by atomic mass is 10.00. The van der Waals surface area contributed by atoms with Crippen molar-refractivity contribution in [3.05, 3.63) is 53.2 Å². The first-order chi connectivity index (χ1) is 14.0. The molecule has 0 spiro atoms. The minimum atomic E-state index is -0.462. The van der Waals surface area contributed by atoms with Crippen LogP contribution in [0.5, 0.6) is 17.2 Å². The Morgan fingerprint density at radius 2 is 2.00 bits per heavy atom. The molecule has 1 unspecified atom stereocenters. The lowest BCUT2D eigenvalue weighted by Crippen LogP contribution is -2.20. The molecular formula is C21H19FN2O4S. The number of anilines is 1. The number of benzene rings is 2. The fourth-order valence-corrected chi connectivity index (χ4v) is 3.71. The van der Waals surface area contributed by atoms with Gasteiger partial charge in [-0.2, -0.15) is 0 Å². The van der Waals surface area contributed by atoms with Gasteiger partial charge in [0.15, 0.2) is 28.2 Å². The van der Waals surface area contributed by atoms with Crippen molar-refractivity contribution < 1.29 is 23.4 Å². The van der Waals surface area contributed by atoms with Gasteiger partial charge in [-0.05, 0) is 42.8 Å². The maximum atomic E-state index is 13.9. The van der Waals surface area contributed by atoms with E-state index in [1.54, 1.807) is 17.5 Å². The van der Waals surface area contributed by atoms with E-state index in [1.807, 2.05) is 25.1 Å². The lowest BCUT2D eigenvalue weighted by Gasteiger charge is -2.20. The average molecular weight is 414 g/mol. The van der Waals surface area contributed by atoms with Crippen molar-refractivity contribution in [1.82, 2.24) is 4.98 Å². The molecule has 2 aromatic carbocycles. The predicted octanol–water partition coefficient (Wildman–Crippen LogP) is 4.47. The molecular weight excluding hydrogens is 395 g/mol. The van der Waals surface area contributed by atoms with Crippen molar-refractivity contribution in [2.45, 2.75) is 12.8 Å². The van der Waals surface area contributed by atoms with Gasteiger partial charge in [-0.1, -0.05) is 6.07 Å². The summed E-state index contributed by atoms with van der Waals surface area (Å²) in [4.78, 5) is 17.1. The van der Waals surface area contributed by atoms with Gasteiger partial charge in [0.05, 0.1) is 18.7 Å². The van der Waals surface area contributed by atoms with Crippen LogP contribution in [0.15, 0.2) is 41.8 Å². The maximum absolute atomic E-state index is 13.9. The highest BCUT2D eigenvalue weighted by Crippen LogP contribution is 2.34. The Kier molecular flexibility index (Phi) is 5.35. The van der Waals surface area contributed by atoms with Crippen LogP contribution in [0.1, 0.15) is 18.4 Å². The van der Waals surface area contributed by atoms with Crippen LogP contribution < -0.4 is 19.5 Å². The van der Waals surface area contributed by atoms with Gasteiger partial charge in [-0.15, -0.1) is 11.3 Å². The molecule has 0 fully saturated rings. The van der Waals surface area contributed by atoms with E-state index in [0.29, 0.717) is 41.1 Å². The van der Waals surface area contributed by atoms with Crippen LogP contribution in [-0.2, 0) is 4.79 Å². The van der Waals surface area contributed by atoms with Crippen molar-refractivity contribution in [2.75, 3.05) is 25.6 Å². The number of halogens is 1. The van der Waals surface area contributed by atoms with Gasteiger partial charge in [0.25, 0.3) is 0 Å². The molecule has 1 aliphatic rings. The Bertz CT molecular complexity index is 1050. The molecule has 0 saturated carbocycles. The van der Waals surface area contributed by atoms with Crippen LogP contribution in [0.3, 0.4) is 0 Å². The molecule has 1 amide bonds. The first-order valence-electron chi connectivity index (χ1n) is 9.05. The second-order valence-electron chi connectivity index (χ2n) is 6.50. The first-order valence-corrected chi connectivity index (χ1v) is 9.93. The number of hydrogen-bond donors (Lipinski definition) is 1. The maximum Gasteiger partial charge on any atom is 0.233 e. The zero-order valence-electron chi connectivity index (χ0n) is 15.9. The van der Waals surface area contributed by atoms with E-state index < -0.39 is 11.7 Å². The molecule has 150 valence electrons. The summed E-state index contributed by atoms with van der Waals surface area (Å²) >= 11 is 1.28. The first kappa shape index (κ1) is 19.2. The smallest absolute Gasteiger partial charge is 0.233 e. The van der Waals surface area contributed by atoms with Crippen molar-refractivity contribution in [3.8, 4) is 28.5 Å². The van der Waals surface area contributed by atoms with Gasteiger partial charge >= 0.3 is 0 Å². The summed E-state index contributed by atoms with van der Waals surface area (Å²) in [5, 5.41) is 5.04. The number of aromatic nitrogens is 1. The van der Waals surface area contributed by atoms with Crippen molar-refractivity contribution >= 4 is 22.4 Å². The van der Waals surface area contributed by atoms with E-state index in [-0.39, 0.29) is 11.7 Å². The Labute approximate surface area is 171 Å². The zero-order valence-corrected chi connectivity index (χ0v) is 16.7. The molecule has 1 aromatic heterocycles. The number of carbonyl (C=O) groups is 1. The quantitative estimate of drug-likeness (QED) is 0.667. The van der Waals surface area contributed by atoms with Crippen LogP contribution in [0.2, 0.25) is 0 Å². The van der Waals surface area contributed by atoms with E-state index in [0.717, 1.165) is 5.56 Å². The highest BCUT2D eigenvalue weighted by molar-refractivity contribution is 7.14. The van der Waals surface area contributed by atoms with Crippen molar-refractivity contribution in [1.29, 1.82) is 0 Å². The summed E-state index contributed by atoms with van der Waals surface area (Å²) in [6.45, 7) is 2.83. The second-order valence-corrected chi connectivity index (χ2v) is 7.36. The van der Waals surface area contributed by atoms with Crippen LogP contribution in [-0.4, -0.2) is 31.2 Å². The van der Waals surface area contributed by atoms with Crippen LogP contribution >= 0.6 is 11.3 Å². The number of nitrogens with zero attached hydrogens (tertiary/aromatic N) is 1. The van der Waals surface area contributed by atoms with Crippen molar-refractivity contribution in [3.63, 3.8) is 0 Å². The number of rotatable bonds is 5. The molecule has 3 aromatic rings. The average Bonchev–Trinajstić information content (AvgIpc) is 3.21. The molecule has 29 heavy (non-hydrogen) atoms. The van der Waals surface area contributed by atoms with Gasteiger partial charge in [0.1, 0.15) is 13.2 Å². The highest BCUT2D eigenvalue weighted by Gasteiger charge is 2.20. The number of nitrogens with one attached hydrogen (secondary N) is 1. The summed E-state index contributed by atoms with van der Waals surface area (Å²) in [7, 11) is 1.41. The SMILES string of the molecule is COc1ccc(-c2csc(NC(=O)C(C)c3ccc4c(c3)OCCO4)n2)cc1F. The number of fused-ring (bicyclic) bond motifs is 1. The largest absolute Gasteiger partial charge is 0.494 e. The van der Waals surface area contributed by atoms with Gasteiger partial charge in [0, 0.05) is 10.9 Å². The molecule has 0 aliphatic carbocycles. The molecule has 4 rings (SSSR count). The van der Waals surface area contributed by atoms with Gasteiger partial charge in [-0.25, -0.2) is 9.37 Å². The minimum Gasteiger partial charge on any atom is -0.494 e. The number of ether oxygens (including phenoxy) is 3. The van der Waals surface area contributed by atoms with E-state index in [4.69, 9.17) is 14.2 Å². The molecule has 2 heterocycles. The van der Waals surface area contributed by atoms with Crippen LogP contribution in [0.4, 0.5) is 9.52 Å². The van der Waals surface area contributed by atoms with Crippen molar-refractivity contribution in [2.24, 2.45) is 0 Å². The molecule has 0 radical (unpaired) electrons. The topological polar surface area (TPSA) is 69.7 Å². The Morgan fingerprint density at radius 1 is 1.21 bits per heavy atom. The van der Waals surface area contributed by atoms with Gasteiger partial charge in [-0.3, -0.25) is 4.79 Å². The summed E-state index contributed by atoms with van der Waals surface area (Å²) in [5.41, 5.74) is 2.01. The van der Waals surface area contributed by atoms with Crippen LogP contribution in [0, 0.1) is 5.82 Å². The third-order valence-corrected chi connectivity index (χ3v) is 5.40. The molecule has 0 saturated heterocycles. The third kappa shape index (κ3) is 4.02. The normalized spacial score (nSPS) is 13.6. The summed E-state index contributed by atoms with van der Waals surface area (Å²) in [6.07, 6.45) is 0. The Hall–Kier alpha value is -3.13. The molecule has 1 N–H and O–H groups in total. The van der Waals surface area contributed by atoms with E-state index in [1.165, 1.54) is 24.5 Å². The fraction of sp³-hybridized carbons (Fsp3) is 0.238. The standard InChI is InChI=1S/C21H19FN2O4S/c1-12(13-3-6-18-19(10-13)28-8-7-27-18)20(25)24-21-23-16(11-29-21)14-4-5-17(26-2)15(22)9-14/h3-6,9-12H,7-8H2,1-2H3,(H,23,24,25). The van der Waals surface area contributed by atoms with E-state index >= 15 is 0 Å². The lowest BCUT2D eigenvalue weighted by molar-refractivity contribution is -0.117. The van der Waals surface area contributed by atoms with E-state index in [2.05, 4.69) is 10.3 Å².